The highest BCUT2D eigenvalue weighted by Crippen LogP contribution is 2.25. The van der Waals surface area contributed by atoms with Gasteiger partial charge in [-0.2, -0.15) is 0 Å². The highest BCUT2D eigenvalue weighted by Gasteiger charge is 2.30. The van der Waals surface area contributed by atoms with E-state index in [0.29, 0.717) is 12.2 Å². The van der Waals surface area contributed by atoms with Crippen LogP contribution in [-0.2, 0) is 26.2 Å². The number of aryl methyl sites for hydroxylation is 1. The van der Waals surface area contributed by atoms with Crippen LogP contribution in [-0.4, -0.2) is 50.5 Å². The molecule has 2 rings (SSSR count). The van der Waals surface area contributed by atoms with Gasteiger partial charge in [0.15, 0.2) is 0 Å². The van der Waals surface area contributed by atoms with Crippen molar-refractivity contribution >= 4 is 27.5 Å². The van der Waals surface area contributed by atoms with Crippen LogP contribution >= 0.6 is 0 Å². The van der Waals surface area contributed by atoms with E-state index in [-0.39, 0.29) is 19.0 Å². The van der Waals surface area contributed by atoms with Crippen molar-refractivity contribution in [1.82, 2.24) is 10.2 Å². The Morgan fingerprint density at radius 2 is 1.69 bits per heavy atom. The van der Waals surface area contributed by atoms with Crippen molar-refractivity contribution in [2.24, 2.45) is 0 Å². The van der Waals surface area contributed by atoms with E-state index in [2.05, 4.69) is 5.32 Å². The molecule has 0 fully saturated rings. The summed E-state index contributed by atoms with van der Waals surface area (Å²) in [6.45, 7) is 7.65. The number of hydrogen-bond acceptors (Lipinski definition) is 4. The lowest BCUT2D eigenvalue weighted by atomic mass is 10.1. The molecule has 0 spiro atoms. The van der Waals surface area contributed by atoms with Crippen LogP contribution in [0.1, 0.15) is 37.0 Å². The molecule has 0 saturated heterocycles. The van der Waals surface area contributed by atoms with Crippen LogP contribution in [0.4, 0.5) is 5.69 Å². The van der Waals surface area contributed by atoms with Gasteiger partial charge in [0.1, 0.15) is 12.6 Å². The summed E-state index contributed by atoms with van der Waals surface area (Å²) in [7, 11) is -3.73. The van der Waals surface area contributed by atoms with E-state index < -0.39 is 22.0 Å². The first-order valence-electron chi connectivity index (χ1n) is 10.7. The molecule has 0 aromatic heterocycles. The average Bonchev–Trinajstić information content (AvgIpc) is 2.75. The van der Waals surface area contributed by atoms with Crippen molar-refractivity contribution in [1.29, 1.82) is 0 Å². The standard InChI is InChI=1S/C24H33N3O4S/c1-6-15-25-24(29)20(4)26(16-21-12-8-7-9-13-21)23(28)17-27(32(5,30)31)22-14-10-11-18(2)19(22)3/h7-14,20H,6,15-17H2,1-5H3,(H,25,29)/t20-/m0/s1. The van der Waals surface area contributed by atoms with Crippen molar-refractivity contribution in [3.05, 3.63) is 65.2 Å². The molecule has 1 atom stereocenters. The predicted molar refractivity (Wildman–Crippen MR) is 128 cm³/mol. The molecule has 8 heteroatoms. The molecule has 2 aromatic rings. The molecule has 174 valence electrons. The predicted octanol–water partition coefficient (Wildman–Crippen LogP) is 3.01. The van der Waals surface area contributed by atoms with Gasteiger partial charge in [-0.05, 0) is 49.9 Å². The smallest absolute Gasteiger partial charge is 0.244 e. The van der Waals surface area contributed by atoms with Gasteiger partial charge < -0.3 is 10.2 Å². The maximum Gasteiger partial charge on any atom is 0.244 e. The van der Waals surface area contributed by atoms with Crippen LogP contribution in [0.2, 0.25) is 0 Å². The second-order valence-corrected chi connectivity index (χ2v) is 9.87. The zero-order valence-corrected chi connectivity index (χ0v) is 20.3. The van der Waals surface area contributed by atoms with Crippen LogP contribution in [0.25, 0.3) is 0 Å². The highest BCUT2D eigenvalue weighted by atomic mass is 32.2. The number of carbonyl (C=O) groups is 2. The van der Waals surface area contributed by atoms with E-state index in [4.69, 9.17) is 0 Å². The Hall–Kier alpha value is -2.87. The Kier molecular flexibility index (Phi) is 8.83. The molecule has 32 heavy (non-hydrogen) atoms. The largest absolute Gasteiger partial charge is 0.354 e. The topological polar surface area (TPSA) is 86.8 Å². The Morgan fingerprint density at radius 1 is 1.03 bits per heavy atom. The van der Waals surface area contributed by atoms with Crippen molar-refractivity contribution in [3.63, 3.8) is 0 Å². The number of rotatable bonds is 10. The minimum atomic E-state index is -3.73. The molecular weight excluding hydrogens is 426 g/mol. The quantitative estimate of drug-likeness (QED) is 0.592. The Bertz CT molecular complexity index is 1040. The summed E-state index contributed by atoms with van der Waals surface area (Å²) in [5.41, 5.74) is 3.03. The maximum atomic E-state index is 13.4. The number of nitrogens with one attached hydrogen (secondary N) is 1. The fourth-order valence-corrected chi connectivity index (χ4v) is 4.26. The first-order valence-corrected chi connectivity index (χ1v) is 12.6. The van der Waals surface area contributed by atoms with E-state index in [1.54, 1.807) is 19.1 Å². The third-order valence-electron chi connectivity index (χ3n) is 5.44. The number of anilines is 1. The number of hydrogen-bond donors (Lipinski definition) is 1. The lowest BCUT2D eigenvalue weighted by Crippen LogP contribution is -2.51. The van der Waals surface area contributed by atoms with E-state index in [1.807, 2.05) is 57.2 Å². The van der Waals surface area contributed by atoms with Gasteiger partial charge in [0.05, 0.1) is 11.9 Å². The summed E-state index contributed by atoms with van der Waals surface area (Å²) >= 11 is 0. The van der Waals surface area contributed by atoms with Gasteiger partial charge in [-0.3, -0.25) is 13.9 Å². The molecular formula is C24H33N3O4S. The maximum absolute atomic E-state index is 13.4. The van der Waals surface area contributed by atoms with E-state index in [9.17, 15) is 18.0 Å². The monoisotopic (exact) mass is 459 g/mol. The zero-order chi connectivity index (χ0) is 23.9. The van der Waals surface area contributed by atoms with Crippen LogP contribution in [0, 0.1) is 13.8 Å². The van der Waals surface area contributed by atoms with Crippen molar-refractivity contribution in [2.75, 3.05) is 23.7 Å². The summed E-state index contributed by atoms with van der Waals surface area (Å²) in [5, 5.41) is 2.82. The molecule has 0 bridgehead atoms. The van der Waals surface area contributed by atoms with Gasteiger partial charge in [0, 0.05) is 13.1 Å². The Morgan fingerprint density at radius 3 is 2.28 bits per heavy atom. The molecule has 0 aliphatic carbocycles. The van der Waals surface area contributed by atoms with Gasteiger partial charge in [-0.1, -0.05) is 49.4 Å². The number of benzene rings is 2. The summed E-state index contributed by atoms with van der Waals surface area (Å²) in [6, 6.07) is 13.9. The van der Waals surface area contributed by atoms with Gasteiger partial charge in [0.2, 0.25) is 21.8 Å². The highest BCUT2D eigenvalue weighted by molar-refractivity contribution is 7.92. The fraction of sp³-hybridized carbons (Fsp3) is 0.417. The fourth-order valence-electron chi connectivity index (χ4n) is 3.36. The lowest BCUT2D eigenvalue weighted by Gasteiger charge is -2.32. The molecule has 0 saturated carbocycles. The molecule has 7 nitrogen and oxygen atoms in total. The molecule has 0 aliphatic rings. The van der Waals surface area contributed by atoms with Gasteiger partial charge in [-0.25, -0.2) is 8.42 Å². The third kappa shape index (κ3) is 6.56. The van der Waals surface area contributed by atoms with E-state index in [0.717, 1.165) is 33.7 Å². The van der Waals surface area contributed by atoms with E-state index in [1.165, 1.54) is 4.90 Å². The first-order chi connectivity index (χ1) is 15.1. The summed E-state index contributed by atoms with van der Waals surface area (Å²) < 4.78 is 26.4. The van der Waals surface area contributed by atoms with Crippen molar-refractivity contribution in [3.8, 4) is 0 Å². The van der Waals surface area contributed by atoms with Crippen molar-refractivity contribution < 1.29 is 18.0 Å². The summed E-state index contributed by atoms with van der Waals surface area (Å²) in [6.07, 6.45) is 1.86. The third-order valence-corrected chi connectivity index (χ3v) is 6.56. The molecule has 0 unspecified atom stereocenters. The molecule has 0 radical (unpaired) electrons. The van der Waals surface area contributed by atoms with Crippen LogP contribution < -0.4 is 9.62 Å². The Labute approximate surface area is 191 Å². The lowest BCUT2D eigenvalue weighted by molar-refractivity contribution is -0.139. The summed E-state index contributed by atoms with van der Waals surface area (Å²) in [4.78, 5) is 27.5. The van der Waals surface area contributed by atoms with Gasteiger partial charge >= 0.3 is 0 Å². The normalized spacial score (nSPS) is 12.2. The molecule has 0 aliphatic heterocycles. The molecule has 2 aromatic carbocycles. The zero-order valence-electron chi connectivity index (χ0n) is 19.5. The Balaban J connectivity index is 2.39. The first kappa shape index (κ1) is 25.4. The average molecular weight is 460 g/mol. The van der Waals surface area contributed by atoms with Gasteiger partial charge in [0.25, 0.3) is 0 Å². The number of carbonyl (C=O) groups excluding carboxylic acids is 2. The van der Waals surface area contributed by atoms with Crippen LogP contribution in [0.5, 0.6) is 0 Å². The molecule has 0 heterocycles. The molecule has 2 amide bonds. The SMILES string of the molecule is CCCNC(=O)[C@H](C)N(Cc1ccccc1)C(=O)CN(c1cccc(C)c1C)S(C)(=O)=O. The number of nitrogens with zero attached hydrogens (tertiary/aromatic N) is 2. The van der Waals surface area contributed by atoms with E-state index >= 15 is 0 Å². The molecule has 1 N–H and O–H groups in total. The number of amides is 2. The minimum absolute atomic E-state index is 0.199. The van der Waals surface area contributed by atoms with Gasteiger partial charge in [-0.15, -0.1) is 0 Å². The summed E-state index contributed by atoms with van der Waals surface area (Å²) in [5.74, 6) is -0.715. The number of sulfonamides is 1. The second kappa shape index (κ2) is 11.1. The van der Waals surface area contributed by atoms with Crippen LogP contribution in [0.15, 0.2) is 48.5 Å². The second-order valence-electron chi connectivity index (χ2n) is 7.96. The van der Waals surface area contributed by atoms with Crippen LogP contribution in [0.3, 0.4) is 0 Å². The van der Waals surface area contributed by atoms with Crippen molar-refractivity contribution in [2.45, 2.75) is 46.7 Å². The minimum Gasteiger partial charge on any atom is -0.354 e.